The molecule has 82 valence electrons. The van der Waals surface area contributed by atoms with Gasteiger partial charge in [-0.1, -0.05) is 6.42 Å². The summed E-state index contributed by atoms with van der Waals surface area (Å²) in [5.41, 5.74) is 1.03. The van der Waals surface area contributed by atoms with Crippen molar-refractivity contribution in [2.24, 2.45) is 0 Å². The molecule has 0 bridgehead atoms. The number of hydrogen-bond acceptors (Lipinski definition) is 2. The van der Waals surface area contributed by atoms with E-state index in [1.165, 1.54) is 19.3 Å². The van der Waals surface area contributed by atoms with Gasteiger partial charge in [-0.15, -0.1) is 0 Å². The number of carbonyl (C=O) groups excluding carboxylic acids is 1. The lowest BCUT2D eigenvalue weighted by Gasteiger charge is -2.32. The molecule has 1 aromatic heterocycles. The van der Waals surface area contributed by atoms with Gasteiger partial charge in [0.2, 0.25) is 0 Å². The summed E-state index contributed by atoms with van der Waals surface area (Å²) < 4.78 is 0. The molecule has 1 aliphatic heterocycles. The Hall–Kier alpha value is -1.09. The molecule has 15 heavy (non-hydrogen) atoms. The zero-order valence-electron chi connectivity index (χ0n) is 9.20. The van der Waals surface area contributed by atoms with Gasteiger partial charge < -0.3 is 4.98 Å². The minimum Gasteiger partial charge on any atom is -0.363 e. The summed E-state index contributed by atoms with van der Waals surface area (Å²) in [7, 11) is 0. The fourth-order valence-corrected chi connectivity index (χ4v) is 2.36. The highest BCUT2D eigenvalue weighted by atomic mass is 16.1. The molecule has 0 amide bonds. The number of piperidine rings is 1. The number of rotatable bonds is 3. The van der Waals surface area contributed by atoms with Gasteiger partial charge >= 0.3 is 0 Å². The van der Waals surface area contributed by atoms with Gasteiger partial charge in [0.1, 0.15) is 6.04 Å². The van der Waals surface area contributed by atoms with E-state index in [1.54, 1.807) is 6.92 Å². The Balaban J connectivity index is 2.15. The molecule has 0 radical (unpaired) electrons. The molecule has 2 rings (SSSR count). The SMILES string of the molecule is CC(=O)C(c1ccc[nH]1)N1CCCCC1. The second kappa shape index (κ2) is 4.62. The van der Waals surface area contributed by atoms with Crippen molar-refractivity contribution in [1.29, 1.82) is 0 Å². The quantitative estimate of drug-likeness (QED) is 0.822. The van der Waals surface area contributed by atoms with Crippen LogP contribution in [0.4, 0.5) is 0 Å². The summed E-state index contributed by atoms with van der Waals surface area (Å²) in [4.78, 5) is 17.1. The van der Waals surface area contributed by atoms with Gasteiger partial charge in [-0.25, -0.2) is 0 Å². The fraction of sp³-hybridized carbons (Fsp3) is 0.583. The number of carbonyl (C=O) groups is 1. The van der Waals surface area contributed by atoms with Crippen LogP contribution in [0.1, 0.15) is 37.9 Å². The summed E-state index contributed by atoms with van der Waals surface area (Å²) in [6.45, 7) is 3.77. The van der Waals surface area contributed by atoms with Crippen LogP contribution in [0.2, 0.25) is 0 Å². The first kappa shape index (κ1) is 10.4. The minimum atomic E-state index is -0.0553. The summed E-state index contributed by atoms with van der Waals surface area (Å²) in [6.07, 6.45) is 5.61. The maximum atomic E-state index is 11.7. The summed E-state index contributed by atoms with van der Waals surface area (Å²) in [5.74, 6) is 0.236. The highest BCUT2D eigenvalue weighted by molar-refractivity contribution is 5.82. The summed E-state index contributed by atoms with van der Waals surface area (Å²) in [6, 6.07) is 3.90. The van der Waals surface area contributed by atoms with E-state index in [1.807, 2.05) is 18.3 Å². The van der Waals surface area contributed by atoms with Crippen LogP contribution in [0.3, 0.4) is 0 Å². The van der Waals surface area contributed by atoms with Gasteiger partial charge in [0.15, 0.2) is 5.78 Å². The lowest BCUT2D eigenvalue weighted by atomic mass is 10.0. The number of H-pyrrole nitrogens is 1. The van der Waals surface area contributed by atoms with Gasteiger partial charge in [-0.3, -0.25) is 9.69 Å². The molecule has 0 aromatic carbocycles. The predicted molar refractivity (Wildman–Crippen MR) is 59.6 cm³/mol. The highest BCUT2D eigenvalue weighted by Crippen LogP contribution is 2.24. The Kier molecular flexibility index (Phi) is 3.21. The maximum Gasteiger partial charge on any atom is 0.152 e. The monoisotopic (exact) mass is 206 g/mol. The Morgan fingerprint density at radius 2 is 2.13 bits per heavy atom. The molecule has 1 N–H and O–H groups in total. The van der Waals surface area contributed by atoms with E-state index in [0.29, 0.717) is 0 Å². The molecule has 1 unspecified atom stereocenters. The number of likely N-dealkylation sites (tertiary alicyclic amines) is 1. The third-order valence-electron chi connectivity index (χ3n) is 3.06. The number of hydrogen-bond donors (Lipinski definition) is 1. The molecule has 3 heteroatoms. The van der Waals surface area contributed by atoms with Crippen LogP contribution in [0.25, 0.3) is 0 Å². The summed E-state index contributed by atoms with van der Waals surface area (Å²) >= 11 is 0. The first-order valence-electron chi connectivity index (χ1n) is 5.67. The molecule has 1 aromatic rings. The minimum absolute atomic E-state index is 0.0553. The lowest BCUT2D eigenvalue weighted by Crippen LogP contribution is -2.37. The number of aromatic amines is 1. The second-order valence-corrected chi connectivity index (χ2v) is 4.24. The molecule has 1 aliphatic rings. The zero-order chi connectivity index (χ0) is 10.7. The van der Waals surface area contributed by atoms with E-state index in [-0.39, 0.29) is 11.8 Å². The van der Waals surface area contributed by atoms with Crippen molar-refractivity contribution in [2.45, 2.75) is 32.2 Å². The van der Waals surface area contributed by atoms with Crippen molar-refractivity contribution in [1.82, 2.24) is 9.88 Å². The lowest BCUT2D eigenvalue weighted by molar-refractivity contribution is -0.122. The number of ketones is 1. The van der Waals surface area contributed by atoms with Crippen molar-refractivity contribution >= 4 is 5.78 Å². The average Bonchev–Trinajstić information content (AvgIpc) is 2.72. The Labute approximate surface area is 90.5 Å². The van der Waals surface area contributed by atoms with Crippen LogP contribution in [-0.4, -0.2) is 28.8 Å². The van der Waals surface area contributed by atoms with Crippen molar-refractivity contribution in [3.63, 3.8) is 0 Å². The normalized spacial score (nSPS) is 20.1. The third kappa shape index (κ3) is 2.29. The molecule has 1 saturated heterocycles. The molecule has 1 atom stereocenters. The largest absolute Gasteiger partial charge is 0.363 e. The summed E-state index contributed by atoms with van der Waals surface area (Å²) in [5, 5.41) is 0. The average molecular weight is 206 g/mol. The van der Waals surface area contributed by atoms with Crippen molar-refractivity contribution in [2.75, 3.05) is 13.1 Å². The van der Waals surface area contributed by atoms with Crippen LogP contribution in [-0.2, 0) is 4.79 Å². The fourth-order valence-electron chi connectivity index (χ4n) is 2.36. The third-order valence-corrected chi connectivity index (χ3v) is 3.06. The standard InChI is InChI=1S/C12H18N2O/c1-10(15)12(11-6-5-7-13-11)14-8-3-2-4-9-14/h5-7,12-13H,2-4,8-9H2,1H3. The van der Waals surface area contributed by atoms with Crippen LogP contribution >= 0.6 is 0 Å². The molecule has 0 aliphatic carbocycles. The van der Waals surface area contributed by atoms with Gasteiger partial charge in [-0.2, -0.15) is 0 Å². The molecule has 2 heterocycles. The second-order valence-electron chi connectivity index (χ2n) is 4.24. The van der Waals surface area contributed by atoms with E-state index in [9.17, 15) is 4.79 Å². The highest BCUT2D eigenvalue weighted by Gasteiger charge is 2.26. The smallest absolute Gasteiger partial charge is 0.152 e. The van der Waals surface area contributed by atoms with E-state index < -0.39 is 0 Å². The molecule has 0 saturated carbocycles. The van der Waals surface area contributed by atoms with Crippen LogP contribution < -0.4 is 0 Å². The molecular weight excluding hydrogens is 188 g/mol. The zero-order valence-corrected chi connectivity index (χ0v) is 9.20. The topological polar surface area (TPSA) is 36.1 Å². The van der Waals surface area contributed by atoms with Crippen LogP contribution in [0, 0.1) is 0 Å². The van der Waals surface area contributed by atoms with Crippen molar-refractivity contribution in [3.05, 3.63) is 24.0 Å². The number of aromatic nitrogens is 1. The number of nitrogens with zero attached hydrogens (tertiary/aromatic N) is 1. The molecule has 3 nitrogen and oxygen atoms in total. The Morgan fingerprint density at radius 1 is 1.40 bits per heavy atom. The number of nitrogens with one attached hydrogen (secondary N) is 1. The van der Waals surface area contributed by atoms with Crippen molar-refractivity contribution in [3.8, 4) is 0 Å². The predicted octanol–water partition coefficient (Wildman–Crippen LogP) is 2.13. The first-order chi connectivity index (χ1) is 7.29. The maximum absolute atomic E-state index is 11.7. The van der Waals surface area contributed by atoms with Crippen LogP contribution in [0.15, 0.2) is 18.3 Å². The van der Waals surface area contributed by atoms with Crippen molar-refractivity contribution < 1.29 is 4.79 Å². The van der Waals surface area contributed by atoms with Gasteiger partial charge in [0, 0.05) is 11.9 Å². The van der Waals surface area contributed by atoms with Gasteiger partial charge in [0.25, 0.3) is 0 Å². The van der Waals surface area contributed by atoms with Crippen LogP contribution in [0.5, 0.6) is 0 Å². The Morgan fingerprint density at radius 3 is 2.67 bits per heavy atom. The van der Waals surface area contributed by atoms with E-state index in [2.05, 4.69) is 9.88 Å². The Bertz CT molecular complexity index is 312. The molecule has 0 spiro atoms. The van der Waals surface area contributed by atoms with E-state index in [4.69, 9.17) is 0 Å². The van der Waals surface area contributed by atoms with Gasteiger partial charge in [-0.05, 0) is 45.0 Å². The van der Waals surface area contributed by atoms with Gasteiger partial charge in [0.05, 0.1) is 0 Å². The molecular formula is C12H18N2O. The number of Topliss-reactive ketones (excluding diaryl/α,β-unsaturated/α-hetero) is 1. The van der Waals surface area contributed by atoms with E-state index in [0.717, 1.165) is 18.8 Å². The molecule has 1 fully saturated rings. The first-order valence-corrected chi connectivity index (χ1v) is 5.67. The van der Waals surface area contributed by atoms with E-state index >= 15 is 0 Å².